The van der Waals surface area contributed by atoms with Crippen LogP contribution in [0.5, 0.6) is 0 Å². The molecule has 18 heavy (non-hydrogen) atoms. The molecule has 7 heteroatoms. The number of nitrogens with one attached hydrogen (secondary N) is 1. The van der Waals surface area contributed by atoms with Gasteiger partial charge in [-0.25, -0.2) is 12.7 Å². The van der Waals surface area contributed by atoms with E-state index in [1.54, 1.807) is 0 Å². The molecule has 1 heterocycles. The Kier molecular flexibility index (Phi) is 4.74. The summed E-state index contributed by atoms with van der Waals surface area (Å²) in [6, 6.07) is 0. The lowest BCUT2D eigenvalue weighted by atomic mass is 9.98. The van der Waals surface area contributed by atoms with Gasteiger partial charge in [0.15, 0.2) is 0 Å². The van der Waals surface area contributed by atoms with Crippen molar-refractivity contribution in [3.63, 3.8) is 0 Å². The first-order chi connectivity index (χ1) is 8.15. The smallest absolute Gasteiger partial charge is 0.221 e. The zero-order valence-corrected chi connectivity index (χ0v) is 12.4. The molecule has 106 valence electrons. The minimum atomic E-state index is -3.19. The summed E-state index contributed by atoms with van der Waals surface area (Å²) in [5.41, 5.74) is -0.303. The van der Waals surface area contributed by atoms with Crippen molar-refractivity contribution in [1.29, 1.82) is 0 Å². The van der Waals surface area contributed by atoms with E-state index in [9.17, 15) is 13.2 Å². The number of nitrogens with zero attached hydrogens (tertiary/aromatic N) is 2. The zero-order valence-electron chi connectivity index (χ0n) is 11.6. The Morgan fingerprint density at radius 3 is 2.56 bits per heavy atom. The van der Waals surface area contributed by atoms with E-state index in [1.165, 1.54) is 18.4 Å². The Morgan fingerprint density at radius 1 is 1.39 bits per heavy atom. The van der Waals surface area contributed by atoms with Gasteiger partial charge in [-0.1, -0.05) is 0 Å². The van der Waals surface area contributed by atoms with E-state index in [4.69, 9.17) is 0 Å². The number of carbonyl (C=O) groups excluding carboxylic acids is 1. The Balaban J connectivity index is 2.68. The summed E-state index contributed by atoms with van der Waals surface area (Å²) < 4.78 is 24.7. The van der Waals surface area contributed by atoms with Crippen LogP contribution in [0.25, 0.3) is 0 Å². The van der Waals surface area contributed by atoms with Crippen LogP contribution < -0.4 is 5.32 Å². The van der Waals surface area contributed by atoms with Crippen LogP contribution in [0, 0.1) is 0 Å². The van der Waals surface area contributed by atoms with Gasteiger partial charge < -0.3 is 5.32 Å². The Bertz CT molecular complexity index is 404. The van der Waals surface area contributed by atoms with E-state index >= 15 is 0 Å². The van der Waals surface area contributed by atoms with Crippen molar-refractivity contribution in [2.75, 3.05) is 39.5 Å². The van der Waals surface area contributed by atoms with Crippen LogP contribution in [0.15, 0.2) is 0 Å². The number of hydrogen-bond acceptors (Lipinski definition) is 4. The van der Waals surface area contributed by atoms with Crippen LogP contribution in [0.1, 0.15) is 20.3 Å². The number of hydrogen-bond donors (Lipinski definition) is 1. The van der Waals surface area contributed by atoms with Gasteiger partial charge in [0.1, 0.15) is 0 Å². The van der Waals surface area contributed by atoms with Gasteiger partial charge in [-0.3, -0.25) is 9.69 Å². The van der Waals surface area contributed by atoms with Crippen molar-refractivity contribution in [3.8, 4) is 0 Å². The van der Waals surface area contributed by atoms with Crippen LogP contribution in [0.3, 0.4) is 0 Å². The van der Waals surface area contributed by atoms with Gasteiger partial charge >= 0.3 is 0 Å². The van der Waals surface area contributed by atoms with Gasteiger partial charge in [0.05, 0.1) is 5.75 Å². The van der Waals surface area contributed by atoms with Crippen molar-refractivity contribution < 1.29 is 13.2 Å². The second-order valence-electron chi connectivity index (χ2n) is 5.42. The first kappa shape index (κ1) is 15.4. The lowest BCUT2D eigenvalue weighted by Crippen LogP contribution is -2.47. The summed E-state index contributed by atoms with van der Waals surface area (Å²) in [7, 11) is -0.115. The van der Waals surface area contributed by atoms with E-state index in [1.807, 2.05) is 13.8 Å². The van der Waals surface area contributed by atoms with E-state index in [0.717, 1.165) is 0 Å². The minimum absolute atomic E-state index is 0.0259. The molecule has 0 unspecified atom stereocenters. The summed E-state index contributed by atoms with van der Waals surface area (Å²) in [6.45, 7) is 5.65. The number of carbonyl (C=O) groups is 1. The minimum Gasteiger partial charge on any atom is -0.355 e. The average molecular weight is 277 g/mol. The van der Waals surface area contributed by atoms with Gasteiger partial charge in [-0.2, -0.15) is 0 Å². The molecule has 0 radical (unpaired) electrons. The molecule has 1 aliphatic heterocycles. The molecule has 0 spiro atoms. The van der Waals surface area contributed by atoms with E-state index in [2.05, 4.69) is 10.2 Å². The van der Waals surface area contributed by atoms with Crippen LogP contribution in [0.4, 0.5) is 0 Å². The third-order valence-electron chi connectivity index (χ3n) is 3.33. The van der Waals surface area contributed by atoms with Crippen molar-refractivity contribution in [2.24, 2.45) is 0 Å². The Morgan fingerprint density at radius 2 is 2.00 bits per heavy atom. The molecule has 1 amide bonds. The van der Waals surface area contributed by atoms with E-state index < -0.39 is 10.0 Å². The Hall–Kier alpha value is -0.660. The second-order valence-corrected chi connectivity index (χ2v) is 7.73. The fourth-order valence-corrected chi connectivity index (χ4v) is 2.84. The third-order valence-corrected chi connectivity index (χ3v) is 5.14. The molecule has 0 aromatic carbocycles. The molecular weight excluding hydrogens is 254 g/mol. The Labute approximate surface area is 109 Å². The highest BCUT2D eigenvalue weighted by Gasteiger charge is 2.32. The largest absolute Gasteiger partial charge is 0.355 e. The summed E-state index contributed by atoms with van der Waals surface area (Å²) in [5.74, 6) is 0.107. The van der Waals surface area contributed by atoms with Crippen LogP contribution >= 0.6 is 0 Å². The van der Waals surface area contributed by atoms with Gasteiger partial charge in [-0.15, -0.1) is 0 Å². The number of rotatable bonds is 4. The zero-order chi connectivity index (χ0) is 14.0. The maximum absolute atomic E-state index is 11.8. The average Bonchev–Trinajstić information content (AvgIpc) is 2.33. The first-order valence-corrected chi connectivity index (χ1v) is 7.68. The monoisotopic (exact) mass is 277 g/mol. The first-order valence-electron chi connectivity index (χ1n) is 6.07. The number of amides is 1. The summed E-state index contributed by atoms with van der Waals surface area (Å²) in [6.07, 6.45) is 0.398. The van der Waals surface area contributed by atoms with E-state index in [-0.39, 0.29) is 17.2 Å². The van der Waals surface area contributed by atoms with E-state index in [0.29, 0.717) is 26.1 Å². The predicted octanol–water partition coefficient (Wildman–Crippen LogP) is -0.522. The molecule has 0 aromatic rings. The summed E-state index contributed by atoms with van der Waals surface area (Å²) >= 11 is 0. The maximum atomic E-state index is 11.8. The van der Waals surface area contributed by atoms with Gasteiger partial charge in [0.2, 0.25) is 15.9 Å². The highest BCUT2D eigenvalue weighted by molar-refractivity contribution is 7.89. The van der Waals surface area contributed by atoms with Crippen molar-refractivity contribution in [1.82, 2.24) is 14.5 Å². The molecule has 0 aromatic heterocycles. The molecule has 0 aliphatic carbocycles. The normalized spacial score (nSPS) is 21.7. The molecule has 1 saturated heterocycles. The fourth-order valence-electron chi connectivity index (χ4n) is 2.02. The molecule has 6 nitrogen and oxygen atoms in total. The predicted molar refractivity (Wildman–Crippen MR) is 70.8 cm³/mol. The van der Waals surface area contributed by atoms with Crippen molar-refractivity contribution >= 4 is 15.9 Å². The number of sulfonamides is 1. The molecule has 0 bridgehead atoms. The quantitative estimate of drug-likeness (QED) is 0.750. The molecule has 0 saturated carbocycles. The maximum Gasteiger partial charge on any atom is 0.221 e. The lowest BCUT2D eigenvalue weighted by molar-refractivity contribution is -0.122. The molecular formula is C11H23N3O3S. The van der Waals surface area contributed by atoms with Gasteiger partial charge in [0.25, 0.3) is 0 Å². The summed E-state index contributed by atoms with van der Waals surface area (Å²) in [5, 5.41) is 2.81. The molecule has 1 fully saturated rings. The lowest BCUT2D eigenvalue weighted by Gasteiger charge is -2.36. The highest BCUT2D eigenvalue weighted by atomic mass is 32.2. The van der Waals surface area contributed by atoms with Crippen LogP contribution in [0.2, 0.25) is 0 Å². The van der Waals surface area contributed by atoms with Crippen molar-refractivity contribution in [2.45, 2.75) is 25.8 Å². The topological polar surface area (TPSA) is 69.7 Å². The second kappa shape index (κ2) is 5.54. The standard InChI is InChI=1S/C11H23N3O3S/c1-11(2)9-10(15)12-5-6-14(11)7-8-18(16,17)13(3)4/h5-9H2,1-4H3,(H,12,15). The SMILES string of the molecule is CN(C)S(=O)(=O)CCN1CCNC(=O)CC1(C)C. The van der Waals surface area contributed by atoms with Gasteiger partial charge in [-0.05, 0) is 13.8 Å². The van der Waals surface area contributed by atoms with Crippen LogP contribution in [-0.4, -0.2) is 68.6 Å². The molecule has 1 aliphatic rings. The third kappa shape index (κ3) is 3.93. The van der Waals surface area contributed by atoms with Crippen molar-refractivity contribution in [3.05, 3.63) is 0 Å². The molecule has 1 N–H and O–H groups in total. The fraction of sp³-hybridized carbons (Fsp3) is 0.909. The molecule has 0 atom stereocenters. The molecule has 1 rings (SSSR count). The van der Waals surface area contributed by atoms with Gasteiger partial charge in [0, 0.05) is 45.7 Å². The highest BCUT2D eigenvalue weighted by Crippen LogP contribution is 2.20. The van der Waals surface area contributed by atoms with Crippen LogP contribution in [-0.2, 0) is 14.8 Å². The summed E-state index contributed by atoms with van der Waals surface area (Å²) in [4.78, 5) is 13.6.